The molecule has 1 aliphatic carbocycles. The van der Waals surface area contributed by atoms with Crippen molar-refractivity contribution < 1.29 is 14.7 Å². The van der Waals surface area contributed by atoms with Gasteiger partial charge in [0.2, 0.25) is 0 Å². The largest absolute Gasteiger partial charge is 0.378 e. The molecule has 1 atom stereocenters. The van der Waals surface area contributed by atoms with Crippen LogP contribution in [0.5, 0.6) is 0 Å². The molecule has 5 rings (SSSR count). The number of piperidine rings is 2. The average molecular weight is 540 g/mol. The summed E-state index contributed by atoms with van der Waals surface area (Å²) >= 11 is 6.42. The Bertz CT molecular complexity index is 1060. The number of aliphatic hydroxyl groups is 1. The number of carbonyl (C=O) groups excluding carboxylic acids is 2. The minimum atomic E-state index is -1.07. The van der Waals surface area contributed by atoms with Gasteiger partial charge in [0.05, 0.1) is 10.6 Å². The number of hydrogen-bond acceptors (Lipinski definition) is 4. The number of nitrogens with zero attached hydrogens (tertiary/aromatic N) is 3. The molecule has 0 bridgehead atoms. The quantitative estimate of drug-likeness (QED) is 0.504. The van der Waals surface area contributed by atoms with E-state index in [0.717, 1.165) is 57.5 Å². The monoisotopic (exact) mass is 539 g/mol. The number of halogens is 1. The highest BCUT2D eigenvalue weighted by Gasteiger charge is 2.30. The first-order chi connectivity index (χ1) is 18.3. The lowest BCUT2D eigenvalue weighted by atomic mass is 9.82. The maximum Gasteiger partial charge on any atom is 0.256 e. The van der Waals surface area contributed by atoms with Crippen molar-refractivity contribution in [2.24, 2.45) is 11.8 Å². The van der Waals surface area contributed by atoms with Crippen LogP contribution in [0.3, 0.4) is 0 Å². The smallest absolute Gasteiger partial charge is 0.256 e. The van der Waals surface area contributed by atoms with E-state index < -0.39 is 6.10 Å². The average Bonchev–Trinajstić information content (AvgIpc) is 3.83. The number of aliphatic hydroxyl groups excluding tert-OH is 1. The topological polar surface area (TPSA) is 64.1 Å². The van der Waals surface area contributed by atoms with Gasteiger partial charge in [0.1, 0.15) is 0 Å². The van der Waals surface area contributed by atoms with E-state index in [1.807, 2.05) is 41.3 Å². The van der Waals surface area contributed by atoms with Gasteiger partial charge in [0.15, 0.2) is 6.10 Å². The standard InChI is InChI=1S/C28H36ClN3O3.C3H6/c1-30(2)27(34)24-9-8-23(19-25(24)29)31-14-10-20(11-15-31)18-21-12-16-32(17-13-21)28(35)26(33)22-6-4-3-5-7-22;1-2-3-1/h3-9,19-21,26,33H,10-18H2,1-2H3;1-3H2. The van der Waals surface area contributed by atoms with Crippen LogP contribution in [0.15, 0.2) is 48.5 Å². The van der Waals surface area contributed by atoms with Gasteiger partial charge in [-0.1, -0.05) is 61.2 Å². The van der Waals surface area contributed by atoms with E-state index in [1.54, 1.807) is 26.2 Å². The van der Waals surface area contributed by atoms with Crippen molar-refractivity contribution in [3.63, 3.8) is 0 Å². The van der Waals surface area contributed by atoms with E-state index in [1.165, 1.54) is 30.6 Å². The number of likely N-dealkylation sites (tertiary alicyclic amines) is 1. The van der Waals surface area contributed by atoms with Crippen LogP contribution in [0.4, 0.5) is 5.69 Å². The Hall–Kier alpha value is -2.57. The van der Waals surface area contributed by atoms with Gasteiger partial charge >= 0.3 is 0 Å². The SMILES string of the molecule is C1CC1.CN(C)C(=O)c1ccc(N2CCC(CC3CCN(C(=O)C(O)c4ccccc4)CC3)CC2)cc1Cl. The summed E-state index contributed by atoms with van der Waals surface area (Å²) in [6.07, 6.45) is 8.92. The molecule has 0 radical (unpaired) electrons. The fourth-order valence-electron chi connectivity index (χ4n) is 5.35. The summed E-state index contributed by atoms with van der Waals surface area (Å²) in [6, 6.07) is 14.9. The predicted octanol–water partition coefficient (Wildman–Crippen LogP) is 5.79. The molecule has 2 aromatic carbocycles. The Kier molecular flexibility index (Phi) is 10.1. The Morgan fingerprint density at radius 3 is 2.03 bits per heavy atom. The van der Waals surface area contributed by atoms with Gasteiger partial charge in [-0.2, -0.15) is 0 Å². The lowest BCUT2D eigenvalue weighted by molar-refractivity contribution is -0.142. The third-order valence-electron chi connectivity index (χ3n) is 7.86. The van der Waals surface area contributed by atoms with Crippen LogP contribution in [0.2, 0.25) is 5.02 Å². The summed E-state index contributed by atoms with van der Waals surface area (Å²) in [5.74, 6) is 1.07. The van der Waals surface area contributed by atoms with Crippen molar-refractivity contribution in [1.29, 1.82) is 0 Å². The van der Waals surface area contributed by atoms with Gasteiger partial charge in [-0.05, 0) is 67.7 Å². The maximum atomic E-state index is 12.7. The molecule has 2 heterocycles. The minimum Gasteiger partial charge on any atom is -0.378 e. The Morgan fingerprint density at radius 1 is 0.921 bits per heavy atom. The third-order valence-corrected chi connectivity index (χ3v) is 8.18. The Balaban J connectivity index is 0.00000105. The van der Waals surface area contributed by atoms with Crippen molar-refractivity contribution >= 4 is 29.1 Å². The maximum absolute atomic E-state index is 12.7. The van der Waals surface area contributed by atoms with Crippen LogP contribution < -0.4 is 4.90 Å². The Labute approximate surface area is 232 Å². The van der Waals surface area contributed by atoms with Gasteiger partial charge in [0, 0.05) is 46.0 Å². The van der Waals surface area contributed by atoms with Gasteiger partial charge < -0.3 is 19.8 Å². The molecule has 1 N–H and O–H groups in total. The van der Waals surface area contributed by atoms with Crippen LogP contribution in [-0.4, -0.2) is 67.0 Å². The summed E-state index contributed by atoms with van der Waals surface area (Å²) in [6.45, 7) is 3.43. The van der Waals surface area contributed by atoms with E-state index >= 15 is 0 Å². The molecular weight excluding hydrogens is 498 g/mol. The third kappa shape index (κ3) is 7.73. The summed E-state index contributed by atoms with van der Waals surface area (Å²) in [4.78, 5) is 30.7. The first kappa shape index (κ1) is 28.4. The molecule has 2 saturated heterocycles. The number of amides is 2. The normalized spacial score (nSPS) is 18.8. The number of hydrogen-bond donors (Lipinski definition) is 1. The van der Waals surface area contributed by atoms with E-state index in [9.17, 15) is 14.7 Å². The fourth-order valence-corrected chi connectivity index (χ4v) is 5.61. The molecule has 3 aliphatic rings. The summed E-state index contributed by atoms with van der Waals surface area (Å²) in [5, 5.41) is 10.9. The number of benzene rings is 2. The van der Waals surface area contributed by atoms with Crippen molar-refractivity contribution in [3.8, 4) is 0 Å². The zero-order valence-electron chi connectivity index (χ0n) is 22.8. The molecule has 1 saturated carbocycles. The number of carbonyl (C=O) groups is 2. The number of anilines is 1. The van der Waals surface area contributed by atoms with E-state index in [0.29, 0.717) is 28.0 Å². The molecule has 3 fully saturated rings. The van der Waals surface area contributed by atoms with Crippen LogP contribution in [0, 0.1) is 11.8 Å². The zero-order chi connectivity index (χ0) is 27.1. The molecule has 2 aliphatic heterocycles. The van der Waals surface area contributed by atoms with Gasteiger partial charge in [-0.15, -0.1) is 0 Å². The lowest BCUT2D eigenvalue weighted by Crippen LogP contribution is -2.42. The van der Waals surface area contributed by atoms with Crippen molar-refractivity contribution in [2.75, 3.05) is 45.2 Å². The van der Waals surface area contributed by atoms with Gasteiger partial charge in [0.25, 0.3) is 11.8 Å². The first-order valence-electron chi connectivity index (χ1n) is 14.1. The molecule has 7 heteroatoms. The van der Waals surface area contributed by atoms with Crippen LogP contribution in [0.25, 0.3) is 0 Å². The molecule has 38 heavy (non-hydrogen) atoms. The van der Waals surface area contributed by atoms with E-state index in [2.05, 4.69) is 4.90 Å². The van der Waals surface area contributed by atoms with Gasteiger partial charge in [-0.25, -0.2) is 0 Å². The molecule has 1 unspecified atom stereocenters. The second kappa shape index (κ2) is 13.5. The molecule has 206 valence electrons. The molecule has 2 amide bonds. The molecular formula is C31H42ClN3O3. The molecule has 0 spiro atoms. The van der Waals surface area contributed by atoms with Crippen LogP contribution in [0.1, 0.15) is 73.4 Å². The van der Waals surface area contributed by atoms with E-state index in [-0.39, 0.29) is 11.8 Å². The van der Waals surface area contributed by atoms with Crippen LogP contribution >= 0.6 is 11.6 Å². The summed E-state index contributed by atoms with van der Waals surface area (Å²) in [7, 11) is 3.46. The molecule has 0 aromatic heterocycles. The predicted molar refractivity (Wildman–Crippen MR) is 154 cm³/mol. The molecule has 6 nitrogen and oxygen atoms in total. The van der Waals surface area contributed by atoms with Crippen molar-refractivity contribution in [2.45, 2.75) is 57.5 Å². The lowest BCUT2D eigenvalue weighted by Gasteiger charge is -2.38. The van der Waals surface area contributed by atoms with Gasteiger partial charge in [-0.3, -0.25) is 9.59 Å². The highest BCUT2D eigenvalue weighted by Crippen LogP contribution is 2.33. The number of rotatable bonds is 6. The molecule has 2 aromatic rings. The second-order valence-electron chi connectivity index (χ2n) is 11.2. The first-order valence-corrected chi connectivity index (χ1v) is 14.5. The fraction of sp³-hybridized carbons (Fsp3) is 0.548. The second-order valence-corrected chi connectivity index (χ2v) is 11.6. The van der Waals surface area contributed by atoms with Crippen molar-refractivity contribution in [3.05, 3.63) is 64.7 Å². The van der Waals surface area contributed by atoms with E-state index in [4.69, 9.17) is 11.6 Å². The van der Waals surface area contributed by atoms with Crippen LogP contribution in [-0.2, 0) is 4.79 Å². The zero-order valence-corrected chi connectivity index (χ0v) is 23.6. The Morgan fingerprint density at radius 2 is 1.50 bits per heavy atom. The minimum absolute atomic E-state index is 0.0809. The van der Waals surface area contributed by atoms with Crippen molar-refractivity contribution in [1.82, 2.24) is 9.80 Å². The summed E-state index contributed by atoms with van der Waals surface area (Å²) in [5.41, 5.74) is 2.27. The highest BCUT2D eigenvalue weighted by molar-refractivity contribution is 6.34. The highest BCUT2D eigenvalue weighted by atomic mass is 35.5. The summed E-state index contributed by atoms with van der Waals surface area (Å²) < 4.78 is 0.